The summed E-state index contributed by atoms with van der Waals surface area (Å²) in [5.41, 5.74) is 5.49. The van der Waals surface area contributed by atoms with Crippen LogP contribution in [-0.4, -0.2) is 13.2 Å². The number of hydrogen-bond donors (Lipinski definition) is 0. The first kappa shape index (κ1) is 14.9. The normalized spacial score (nSPS) is 16.3. The van der Waals surface area contributed by atoms with Crippen LogP contribution in [0, 0.1) is 11.3 Å². The quantitative estimate of drug-likeness (QED) is 0.466. The molecule has 0 unspecified atom stereocenters. The molecule has 1 atom stereocenters. The monoisotopic (exact) mass is 339 g/mol. The van der Waals surface area contributed by atoms with E-state index in [0.717, 1.165) is 39.0 Å². The molecule has 0 saturated carbocycles. The lowest BCUT2D eigenvalue weighted by Gasteiger charge is -2.27. The van der Waals surface area contributed by atoms with Crippen LogP contribution in [0.1, 0.15) is 12.5 Å². The van der Waals surface area contributed by atoms with Crippen molar-refractivity contribution in [2.24, 2.45) is 0 Å². The van der Waals surface area contributed by atoms with Gasteiger partial charge in [-0.25, -0.2) is 0 Å². The van der Waals surface area contributed by atoms with Gasteiger partial charge in [-0.3, -0.25) is 0 Å². The van der Waals surface area contributed by atoms with Crippen molar-refractivity contribution >= 4 is 39.0 Å². The second-order valence-electron chi connectivity index (χ2n) is 6.68. The SMILES string of the molecule is C[C@H]1N(C)c2cccc(C#N)c2N1c1ccc2c(c1)oc1ccccc12. The molecule has 0 saturated heterocycles. The Labute approximate surface area is 151 Å². The molecular formula is C22H17N3O. The molecule has 0 amide bonds. The molecule has 4 aromatic rings. The largest absolute Gasteiger partial charge is 0.456 e. The van der Waals surface area contributed by atoms with Gasteiger partial charge < -0.3 is 14.2 Å². The van der Waals surface area contributed by atoms with Gasteiger partial charge in [0.2, 0.25) is 0 Å². The van der Waals surface area contributed by atoms with E-state index in [1.807, 2.05) is 30.3 Å². The van der Waals surface area contributed by atoms with E-state index in [4.69, 9.17) is 4.42 Å². The van der Waals surface area contributed by atoms with Gasteiger partial charge in [-0.05, 0) is 37.3 Å². The van der Waals surface area contributed by atoms with Gasteiger partial charge >= 0.3 is 0 Å². The first-order chi connectivity index (χ1) is 12.7. The summed E-state index contributed by atoms with van der Waals surface area (Å²) in [6, 6.07) is 22.6. The van der Waals surface area contributed by atoms with Crippen LogP contribution in [0.3, 0.4) is 0 Å². The maximum Gasteiger partial charge on any atom is 0.137 e. The minimum atomic E-state index is 0.112. The van der Waals surface area contributed by atoms with Crippen LogP contribution in [0.5, 0.6) is 0 Å². The fourth-order valence-electron chi connectivity index (χ4n) is 3.93. The Balaban J connectivity index is 1.73. The summed E-state index contributed by atoms with van der Waals surface area (Å²) in [7, 11) is 2.06. The zero-order valence-corrected chi connectivity index (χ0v) is 14.6. The van der Waals surface area contributed by atoms with Gasteiger partial charge in [0.05, 0.1) is 16.9 Å². The first-order valence-corrected chi connectivity index (χ1v) is 8.65. The maximum atomic E-state index is 9.59. The van der Waals surface area contributed by atoms with Crippen LogP contribution in [0.4, 0.5) is 17.1 Å². The van der Waals surface area contributed by atoms with Gasteiger partial charge in [0.15, 0.2) is 0 Å². The van der Waals surface area contributed by atoms with Crippen molar-refractivity contribution in [3.05, 3.63) is 66.2 Å². The Morgan fingerprint density at radius 1 is 0.962 bits per heavy atom. The molecule has 0 fully saturated rings. The van der Waals surface area contributed by atoms with E-state index >= 15 is 0 Å². The van der Waals surface area contributed by atoms with Crippen LogP contribution in [0.2, 0.25) is 0 Å². The average Bonchev–Trinajstić information content (AvgIpc) is 3.16. The molecule has 0 bridgehead atoms. The lowest BCUT2D eigenvalue weighted by Crippen LogP contribution is -2.35. The highest BCUT2D eigenvalue weighted by molar-refractivity contribution is 6.06. The molecule has 1 aromatic heterocycles. The van der Waals surface area contributed by atoms with Gasteiger partial charge in [0.1, 0.15) is 23.4 Å². The van der Waals surface area contributed by atoms with Gasteiger partial charge in [0, 0.05) is 29.6 Å². The number of hydrogen-bond acceptors (Lipinski definition) is 4. The highest BCUT2D eigenvalue weighted by atomic mass is 16.3. The molecule has 5 rings (SSSR count). The third-order valence-corrected chi connectivity index (χ3v) is 5.33. The summed E-state index contributed by atoms with van der Waals surface area (Å²) in [6.45, 7) is 2.14. The number of fused-ring (bicyclic) bond motifs is 4. The maximum absolute atomic E-state index is 9.59. The van der Waals surface area contributed by atoms with E-state index in [1.54, 1.807) is 0 Å². The van der Waals surface area contributed by atoms with Crippen molar-refractivity contribution in [3.8, 4) is 6.07 Å². The fourth-order valence-corrected chi connectivity index (χ4v) is 3.93. The molecule has 3 aromatic carbocycles. The minimum absolute atomic E-state index is 0.112. The number of rotatable bonds is 1. The van der Waals surface area contributed by atoms with E-state index in [1.165, 1.54) is 0 Å². The molecule has 126 valence electrons. The number of para-hydroxylation sites is 2. The summed E-state index contributed by atoms with van der Waals surface area (Å²) in [5.74, 6) is 0. The highest BCUT2D eigenvalue weighted by Gasteiger charge is 2.33. The Kier molecular flexibility index (Phi) is 3.01. The Hall–Kier alpha value is -3.45. The van der Waals surface area contributed by atoms with E-state index in [2.05, 4.69) is 60.2 Å². The molecule has 0 radical (unpaired) electrons. The van der Waals surface area contributed by atoms with Crippen molar-refractivity contribution in [2.45, 2.75) is 13.1 Å². The van der Waals surface area contributed by atoms with Crippen LogP contribution >= 0.6 is 0 Å². The minimum Gasteiger partial charge on any atom is -0.456 e. The van der Waals surface area contributed by atoms with Crippen LogP contribution < -0.4 is 9.80 Å². The lowest BCUT2D eigenvalue weighted by atomic mass is 10.1. The van der Waals surface area contributed by atoms with Gasteiger partial charge in [-0.2, -0.15) is 5.26 Å². The second-order valence-corrected chi connectivity index (χ2v) is 6.68. The highest BCUT2D eigenvalue weighted by Crippen LogP contribution is 2.46. The molecule has 0 aliphatic carbocycles. The fraction of sp³-hybridized carbons (Fsp3) is 0.136. The van der Waals surface area contributed by atoms with Crippen LogP contribution in [0.15, 0.2) is 65.1 Å². The Morgan fingerprint density at radius 3 is 2.62 bits per heavy atom. The number of nitrogens with zero attached hydrogens (tertiary/aromatic N) is 3. The summed E-state index contributed by atoms with van der Waals surface area (Å²) in [6.07, 6.45) is 0.112. The molecule has 4 heteroatoms. The van der Waals surface area contributed by atoms with Crippen molar-refractivity contribution in [1.82, 2.24) is 0 Å². The molecule has 0 N–H and O–H groups in total. The van der Waals surface area contributed by atoms with E-state index in [0.29, 0.717) is 5.56 Å². The van der Waals surface area contributed by atoms with E-state index < -0.39 is 0 Å². The lowest BCUT2D eigenvalue weighted by molar-refractivity contribution is 0.668. The zero-order valence-electron chi connectivity index (χ0n) is 14.6. The Morgan fingerprint density at radius 2 is 1.77 bits per heavy atom. The van der Waals surface area contributed by atoms with Crippen molar-refractivity contribution in [3.63, 3.8) is 0 Å². The van der Waals surface area contributed by atoms with Crippen molar-refractivity contribution in [2.75, 3.05) is 16.8 Å². The first-order valence-electron chi connectivity index (χ1n) is 8.65. The summed E-state index contributed by atoms with van der Waals surface area (Å²) in [4.78, 5) is 4.40. The predicted molar refractivity (Wildman–Crippen MR) is 105 cm³/mol. The van der Waals surface area contributed by atoms with Gasteiger partial charge in [0.25, 0.3) is 0 Å². The van der Waals surface area contributed by atoms with Crippen molar-refractivity contribution < 1.29 is 4.42 Å². The summed E-state index contributed by atoms with van der Waals surface area (Å²) < 4.78 is 6.05. The zero-order chi connectivity index (χ0) is 17.8. The number of benzene rings is 3. The smallest absolute Gasteiger partial charge is 0.137 e. The predicted octanol–water partition coefficient (Wildman–Crippen LogP) is 5.39. The molecule has 1 aliphatic rings. The number of anilines is 3. The topological polar surface area (TPSA) is 43.4 Å². The molecule has 1 aliphatic heterocycles. The van der Waals surface area contributed by atoms with Gasteiger partial charge in [-0.1, -0.05) is 24.3 Å². The molecule has 2 heterocycles. The molecule has 0 spiro atoms. The third kappa shape index (κ3) is 1.89. The average molecular weight is 339 g/mol. The molecule has 4 nitrogen and oxygen atoms in total. The summed E-state index contributed by atoms with van der Waals surface area (Å²) >= 11 is 0. The molecular weight excluding hydrogens is 322 g/mol. The van der Waals surface area contributed by atoms with Crippen LogP contribution in [-0.2, 0) is 0 Å². The standard InChI is InChI=1S/C22H17N3O/c1-14-24(2)19-8-5-6-15(13-23)22(19)25(14)16-10-11-18-17-7-3-4-9-20(17)26-21(18)12-16/h3-12,14H,1-2H3/t14-/m0/s1. The van der Waals surface area contributed by atoms with Crippen molar-refractivity contribution in [1.29, 1.82) is 5.26 Å². The van der Waals surface area contributed by atoms with E-state index in [9.17, 15) is 5.26 Å². The Bertz CT molecular complexity index is 1200. The number of furan rings is 1. The van der Waals surface area contributed by atoms with Gasteiger partial charge in [-0.15, -0.1) is 0 Å². The van der Waals surface area contributed by atoms with Crippen LogP contribution in [0.25, 0.3) is 21.9 Å². The summed E-state index contributed by atoms with van der Waals surface area (Å²) in [5, 5.41) is 11.8. The third-order valence-electron chi connectivity index (χ3n) is 5.33. The number of nitriles is 1. The molecule has 26 heavy (non-hydrogen) atoms. The van der Waals surface area contributed by atoms with E-state index in [-0.39, 0.29) is 6.17 Å². The second kappa shape index (κ2) is 5.27.